The van der Waals surface area contributed by atoms with Gasteiger partial charge in [-0.15, -0.1) is 10.2 Å². The standard InChI is InChI=1S/C19H15N3O4S2/c1-10(2)18-21-22-19(27-18)20-17(24)11-7-8-13-15(9-11)28(25,26)14-6-4-3-5-12(14)16(13)23/h3-10H,1-2H3,(H,20,22,24). The van der Waals surface area contributed by atoms with Crippen molar-refractivity contribution in [2.75, 3.05) is 5.32 Å². The Hall–Kier alpha value is -2.91. The molecule has 28 heavy (non-hydrogen) atoms. The number of carbonyl (C=O) groups is 2. The van der Waals surface area contributed by atoms with Crippen LogP contribution < -0.4 is 5.32 Å². The molecule has 7 nitrogen and oxygen atoms in total. The van der Waals surface area contributed by atoms with Crippen LogP contribution in [0.1, 0.15) is 51.1 Å². The Morgan fingerprint density at radius 1 is 1.04 bits per heavy atom. The number of rotatable bonds is 3. The van der Waals surface area contributed by atoms with Crippen LogP contribution in [0.4, 0.5) is 5.13 Å². The number of anilines is 1. The van der Waals surface area contributed by atoms with Crippen molar-refractivity contribution in [2.24, 2.45) is 0 Å². The summed E-state index contributed by atoms with van der Waals surface area (Å²) in [7, 11) is -3.90. The van der Waals surface area contributed by atoms with E-state index >= 15 is 0 Å². The van der Waals surface area contributed by atoms with Gasteiger partial charge >= 0.3 is 0 Å². The molecule has 142 valence electrons. The van der Waals surface area contributed by atoms with Crippen LogP contribution >= 0.6 is 11.3 Å². The molecule has 0 spiro atoms. The Balaban J connectivity index is 1.71. The van der Waals surface area contributed by atoms with Crippen molar-refractivity contribution in [3.8, 4) is 0 Å². The highest BCUT2D eigenvalue weighted by Gasteiger charge is 2.35. The van der Waals surface area contributed by atoms with Crippen LogP contribution in [0.5, 0.6) is 0 Å². The quantitative estimate of drug-likeness (QED) is 0.552. The molecule has 3 aromatic rings. The Morgan fingerprint density at radius 3 is 2.46 bits per heavy atom. The topological polar surface area (TPSA) is 106 Å². The number of aromatic nitrogens is 2. The van der Waals surface area contributed by atoms with E-state index in [2.05, 4.69) is 15.5 Å². The summed E-state index contributed by atoms with van der Waals surface area (Å²) in [6.07, 6.45) is 0. The summed E-state index contributed by atoms with van der Waals surface area (Å²) in [6.45, 7) is 3.94. The van der Waals surface area contributed by atoms with Gasteiger partial charge < -0.3 is 0 Å². The van der Waals surface area contributed by atoms with Crippen LogP contribution in [0.15, 0.2) is 52.3 Å². The first-order chi connectivity index (χ1) is 13.3. The maximum atomic E-state index is 12.9. The van der Waals surface area contributed by atoms with E-state index in [-0.39, 0.29) is 38.2 Å². The molecule has 0 radical (unpaired) electrons. The molecular weight excluding hydrogens is 398 g/mol. The number of sulfone groups is 1. The first-order valence-electron chi connectivity index (χ1n) is 8.46. The van der Waals surface area contributed by atoms with Gasteiger partial charge in [0.25, 0.3) is 5.91 Å². The molecule has 0 unspecified atom stereocenters. The highest BCUT2D eigenvalue weighted by molar-refractivity contribution is 7.91. The monoisotopic (exact) mass is 413 g/mol. The van der Waals surface area contributed by atoms with E-state index in [9.17, 15) is 18.0 Å². The van der Waals surface area contributed by atoms with Crippen molar-refractivity contribution in [1.29, 1.82) is 0 Å². The molecule has 1 N–H and O–H groups in total. The average molecular weight is 413 g/mol. The fourth-order valence-corrected chi connectivity index (χ4v) is 5.33. The van der Waals surface area contributed by atoms with E-state index < -0.39 is 15.7 Å². The smallest absolute Gasteiger partial charge is 0.257 e. The Labute approximate surface area is 165 Å². The van der Waals surface area contributed by atoms with Crippen LogP contribution in [0.2, 0.25) is 0 Å². The maximum Gasteiger partial charge on any atom is 0.257 e. The summed E-state index contributed by atoms with van der Waals surface area (Å²) in [5.41, 5.74) is 0.325. The number of benzene rings is 2. The SMILES string of the molecule is CC(C)c1nnc(NC(=O)c2ccc3c(c2)S(=O)(=O)c2ccccc2C3=O)s1. The van der Waals surface area contributed by atoms with E-state index in [1.54, 1.807) is 12.1 Å². The van der Waals surface area contributed by atoms with Crippen LogP contribution in [0.3, 0.4) is 0 Å². The number of ketones is 1. The fourth-order valence-electron chi connectivity index (χ4n) is 2.91. The lowest BCUT2D eigenvalue weighted by Gasteiger charge is -2.19. The Morgan fingerprint density at radius 2 is 1.75 bits per heavy atom. The molecule has 0 bridgehead atoms. The van der Waals surface area contributed by atoms with E-state index in [0.29, 0.717) is 5.13 Å². The molecule has 0 saturated heterocycles. The number of hydrogen-bond donors (Lipinski definition) is 1. The van der Waals surface area contributed by atoms with Gasteiger partial charge in [-0.2, -0.15) is 0 Å². The lowest BCUT2D eigenvalue weighted by molar-refractivity contribution is 0.101. The van der Waals surface area contributed by atoms with Crippen molar-refractivity contribution in [3.05, 3.63) is 64.2 Å². The van der Waals surface area contributed by atoms with Crippen molar-refractivity contribution >= 4 is 38.0 Å². The van der Waals surface area contributed by atoms with Crippen molar-refractivity contribution in [3.63, 3.8) is 0 Å². The van der Waals surface area contributed by atoms with Gasteiger partial charge in [-0.05, 0) is 30.3 Å². The second-order valence-corrected chi connectivity index (χ2v) is 9.49. The molecule has 1 amide bonds. The predicted octanol–water partition coefficient (Wildman–Crippen LogP) is 3.29. The summed E-state index contributed by atoms with van der Waals surface area (Å²) in [4.78, 5) is 25.0. The molecule has 2 aromatic carbocycles. The highest BCUT2D eigenvalue weighted by Crippen LogP contribution is 2.35. The minimum absolute atomic E-state index is 0.0456. The van der Waals surface area contributed by atoms with Gasteiger partial charge in [0.15, 0.2) is 5.78 Å². The van der Waals surface area contributed by atoms with Crippen LogP contribution in [-0.2, 0) is 9.84 Å². The lowest BCUT2D eigenvalue weighted by atomic mass is 10.0. The van der Waals surface area contributed by atoms with Gasteiger partial charge in [-0.1, -0.05) is 37.3 Å². The minimum Gasteiger partial charge on any atom is -0.296 e. The zero-order valence-corrected chi connectivity index (χ0v) is 16.6. The molecular formula is C19H15N3O4S2. The van der Waals surface area contributed by atoms with Gasteiger partial charge in [0.2, 0.25) is 15.0 Å². The third kappa shape index (κ3) is 2.92. The van der Waals surface area contributed by atoms with Gasteiger partial charge in [0.05, 0.1) is 9.79 Å². The minimum atomic E-state index is -3.90. The molecule has 0 saturated carbocycles. The molecule has 1 aliphatic rings. The number of carbonyl (C=O) groups excluding carboxylic acids is 2. The molecule has 1 aliphatic heterocycles. The Bertz CT molecular complexity index is 1230. The largest absolute Gasteiger partial charge is 0.296 e. The molecule has 0 aliphatic carbocycles. The van der Waals surface area contributed by atoms with Crippen LogP contribution in [0, 0.1) is 0 Å². The normalized spacial score (nSPS) is 14.5. The number of fused-ring (bicyclic) bond motifs is 2. The zero-order chi connectivity index (χ0) is 20.1. The van der Waals surface area contributed by atoms with Gasteiger partial charge in [0.1, 0.15) is 5.01 Å². The van der Waals surface area contributed by atoms with Gasteiger partial charge in [-0.25, -0.2) is 8.42 Å². The van der Waals surface area contributed by atoms with E-state index in [4.69, 9.17) is 0 Å². The zero-order valence-electron chi connectivity index (χ0n) is 15.0. The predicted molar refractivity (Wildman–Crippen MR) is 104 cm³/mol. The first kappa shape index (κ1) is 18.5. The Kier molecular flexibility index (Phi) is 4.35. The van der Waals surface area contributed by atoms with Crippen molar-refractivity contribution in [1.82, 2.24) is 10.2 Å². The average Bonchev–Trinajstić information content (AvgIpc) is 3.15. The van der Waals surface area contributed by atoms with E-state index in [1.807, 2.05) is 13.8 Å². The van der Waals surface area contributed by atoms with Crippen molar-refractivity contribution in [2.45, 2.75) is 29.6 Å². The molecule has 4 rings (SSSR count). The maximum absolute atomic E-state index is 12.9. The first-order valence-corrected chi connectivity index (χ1v) is 10.8. The summed E-state index contributed by atoms with van der Waals surface area (Å²) in [5, 5.41) is 11.7. The molecule has 2 heterocycles. The van der Waals surface area contributed by atoms with Gasteiger partial charge in [0, 0.05) is 22.6 Å². The number of nitrogens with one attached hydrogen (secondary N) is 1. The number of amides is 1. The molecule has 0 atom stereocenters. The third-order valence-electron chi connectivity index (χ3n) is 4.35. The van der Waals surface area contributed by atoms with Crippen LogP contribution in [0.25, 0.3) is 0 Å². The third-order valence-corrected chi connectivity index (χ3v) is 7.35. The second-order valence-electron chi connectivity index (χ2n) is 6.59. The summed E-state index contributed by atoms with van der Waals surface area (Å²) in [5.74, 6) is -0.711. The highest BCUT2D eigenvalue weighted by atomic mass is 32.2. The summed E-state index contributed by atoms with van der Waals surface area (Å²) >= 11 is 1.26. The van der Waals surface area contributed by atoms with Crippen molar-refractivity contribution < 1.29 is 18.0 Å². The number of nitrogens with zero attached hydrogens (tertiary/aromatic N) is 2. The molecule has 0 fully saturated rings. The van der Waals surface area contributed by atoms with Gasteiger partial charge in [-0.3, -0.25) is 14.9 Å². The number of hydrogen-bond acceptors (Lipinski definition) is 7. The summed E-state index contributed by atoms with van der Waals surface area (Å²) in [6, 6.07) is 10.1. The molecule has 9 heteroatoms. The summed E-state index contributed by atoms with van der Waals surface area (Å²) < 4.78 is 25.9. The fraction of sp³-hybridized carbons (Fsp3) is 0.158. The van der Waals surface area contributed by atoms with E-state index in [1.165, 1.54) is 41.7 Å². The van der Waals surface area contributed by atoms with Crippen LogP contribution in [-0.4, -0.2) is 30.3 Å². The molecule has 1 aromatic heterocycles. The lowest BCUT2D eigenvalue weighted by Crippen LogP contribution is -2.21. The van der Waals surface area contributed by atoms with E-state index in [0.717, 1.165) is 5.01 Å². The second kappa shape index (κ2) is 6.61.